The fourth-order valence-electron chi connectivity index (χ4n) is 3.67. The molecule has 1 saturated heterocycles. The third kappa shape index (κ3) is 5.14. The van der Waals surface area contributed by atoms with Crippen LogP contribution >= 0.6 is 0 Å². The maximum absolute atomic E-state index is 13.0. The molecule has 1 aliphatic rings. The van der Waals surface area contributed by atoms with Crippen molar-refractivity contribution in [1.29, 1.82) is 0 Å². The number of hydrogen-bond acceptors (Lipinski definition) is 5. The molecule has 3 rings (SSSR count). The lowest BCUT2D eigenvalue weighted by Crippen LogP contribution is -2.43. The van der Waals surface area contributed by atoms with Crippen molar-refractivity contribution in [2.75, 3.05) is 25.0 Å². The fraction of sp³-hybridized carbons (Fsp3) is 0.391. The first-order chi connectivity index (χ1) is 14.7. The number of benzene rings is 2. The number of nitrogens with one attached hydrogen (secondary N) is 1. The van der Waals surface area contributed by atoms with Crippen molar-refractivity contribution in [2.45, 2.75) is 38.5 Å². The average molecular weight is 445 g/mol. The first-order valence-corrected chi connectivity index (χ1v) is 11.8. The highest BCUT2D eigenvalue weighted by molar-refractivity contribution is 7.89. The van der Waals surface area contributed by atoms with E-state index < -0.39 is 21.9 Å². The Hall–Kier alpha value is -2.71. The van der Waals surface area contributed by atoms with Gasteiger partial charge in [-0.3, -0.25) is 4.79 Å². The summed E-state index contributed by atoms with van der Waals surface area (Å²) in [5, 5.41) is 2.87. The van der Waals surface area contributed by atoms with Crippen molar-refractivity contribution in [1.82, 2.24) is 4.31 Å². The van der Waals surface area contributed by atoms with Crippen molar-refractivity contribution in [2.24, 2.45) is 5.92 Å². The minimum absolute atomic E-state index is 0.124. The molecule has 0 unspecified atom stereocenters. The van der Waals surface area contributed by atoms with Gasteiger partial charge in [0.2, 0.25) is 15.9 Å². The van der Waals surface area contributed by atoms with E-state index in [0.29, 0.717) is 36.2 Å². The fourth-order valence-corrected chi connectivity index (χ4v) is 5.19. The summed E-state index contributed by atoms with van der Waals surface area (Å²) in [5.74, 6) is -1.17. The molecule has 1 fully saturated rings. The number of anilines is 1. The second-order valence-electron chi connectivity index (χ2n) is 7.70. The van der Waals surface area contributed by atoms with Crippen LogP contribution in [0.15, 0.2) is 47.4 Å². The first-order valence-electron chi connectivity index (χ1n) is 10.4. The largest absolute Gasteiger partial charge is 0.462 e. The lowest BCUT2D eigenvalue weighted by molar-refractivity contribution is -0.120. The molecule has 1 amide bonds. The van der Waals surface area contributed by atoms with Crippen LogP contribution in [0.5, 0.6) is 0 Å². The molecule has 8 heteroatoms. The third-order valence-corrected chi connectivity index (χ3v) is 7.38. The number of sulfonamides is 1. The Morgan fingerprint density at radius 3 is 2.52 bits per heavy atom. The van der Waals surface area contributed by atoms with Gasteiger partial charge in [-0.15, -0.1) is 0 Å². The summed E-state index contributed by atoms with van der Waals surface area (Å²) in [5.41, 5.74) is 2.52. The van der Waals surface area contributed by atoms with Gasteiger partial charge in [0, 0.05) is 18.8 Å². The van der Waals surface area contributed by atoms with Crippen molar-refractivity contribution >= 4 is 27.6 Å². The number of rotatable bonds is 6. The van der Waals surface area contributed by atoms with Crippen LogP contribution < -0.4 is 5.32 Å². The van der Waals surface area contributed by atoms with E-state index in [4.69, 9.17) is 4.74 Å². The van der Waals surface area contributed by atoms with Gasteiger partial charge in [0.1, 0.15) is 0 Å². The predicted octanol–water partition coefficient (Wildman–Crippen LogP) is 3.52. The Balaban J connectivity index is 1.74. The Labute approximate surface area is 183 Å². The van der Waals surface area contributed by atoms with E-state index >= 15 is 0 Å². The molecule has 2 aromatic rings. The minimum atomic E-state index is -3.66. The van der Waals surface area contributed by atoms with Gasteiger partial charge >= 0.3 is 5.97 Å². The normalized spacial score (nSPS) is 17.2. The van der Waals surface area contributed by atoms with Gasteiger partial charge in [0.15, 0.2) is 0 Å². The van der Waals surface area contributed by atoms with Gasteiger partial charge in [0.05, 0.1) is 23.0 Å². The van der Waals surface area contributed by atoms with E-state index in [2.05, 4.69) is 5.32 Å². The number of ether oxygens (including phenoxy) is 1. The van der Waals surface area contributed by atoms with Gasteiger partial charge in [0.25, 0.3) is 0 Å². The van der Waals surface area contributed by atoms with E-state index in [9.17, 15) is 18.0 Å². The number of aryl methyl sites for hydroxylation is 1. The third-order valence-electron chi connectivity index (χ3n) is 5.50. The van der Waals surface area contributed by atoms with Crippen LogP contribution in [0.25, 0.3) is 0 Å². The Bertz CT molecular complexity index is 1060. The molecule has 0 aromatic heterocycles. The number of esters is 1. The standard InChI is InChI=1S/C23H28N2O5S/c1-4-30-23(27)20-8-5-9-21(17(20)3)24-22(26)18-7-6-14-25(15-18)31(28,29)19-12-10-16(2)11-13-19/h5,8-13,18H,4,6-7,14-15H2,1-3H3,(H,24,26)/t18-/m0/s1. The molecule has 1 atom stereocenters. The lowest BCUT2D eigenvalue weighted by atomic mass is 9.98. The topological polar surface area (TPSA) is 92.8 Å². The molecule has 0 radical (unpaired) electrons. The van der Waals surface area contributed by atoms with Crippen molar-refractivity contribution < 1.29 is 22.7 Å². The van der Waals surface area contributed by atoms with Crippen LogP contribution in [0, 0.1) is 19.8 Å². The second-order valence-corrected chi connectivity index (χ2v) is 9.64. The zero-order valence-electron chi connectivity index (χ0n) is 18.1. The summed E-state index contributed by atoms with van der Waals surface area (Å²) in [6, 6.07) is 11.8. The Morgan fingerprint density at radius 2 is 1.84 bits per heavy atom. The lowest BCUT2D eigenvalue weighted by Gasteiger charge is -2.31. The molecule has 2 aromatic carbocycles. The number of carbonyl (C=O) groups is 2. The summed E-state index contributed by atoms with van der Waals surface area (Å²) in [7, 11) is -3.66. The second kappa shape index (κ2) is 9.62. The maximum atomic E-state index is 13.0. The number of nitrogens with zero attached hydrogens (tertiary/aromatic N) is 1. The highest BCUT2D eigenvalue weighted by Gasteiger charge is 2.33. The summed E-state index contributed by atoms with van der Waals surface area (Å²) in [6.45, 7) is 6.16. The summed E-state index contributed by atoms with van der Waals surface area (Å²) >= 11 is 0. The summed E-state index contributed by atoms with van der Waals surface area (Å²) in [6.07, 6.45) is 1.20. The number of hydrogen-bond donors (Lipinski definition) is 1. The summed E-state index contributed by atoms with van der Waals surface area (Å²) in [4.78, 5) is 25.3. The van der Waals surface area contributed by atoms with E-state index in [1.807, 2.05) is 6.92 Å². The summed E-state index contributed by atoms with van der Waals surface area (Å²) < 4.78 is 32.4. The zero-order valence-corrected chi connectivity index (χ0v) is 18.9. The molecule has 1 heterocycles. The monoisotopic (exact) mass is 444 g/mol. The van der Waals surface area contributed by atoms with Crippen LogP contribution in [0.4, 0.5) is 5.69 Å². The van der Waals surface area contributed by atoms with E-state index in [1.165, 1.54) is 4.31 Å². The van der Waals surface area contributed by atoms with E-state index in [1.54, 1.807) is 56.3 Å². The highest BCUT2D eigenvalue weighted by Crippen LogP contribution is 2.26. The van der Waals surface area contributed by atoms with Crippen molar-refractivity contribution in [3.05, 3.63) is 59.2 Å². The van der Waals surface area contributed by atoms with Crippen LogP contribution in [0.1, 0.15) is 41.3 Å². The van der Waals surface area contributed by atoms with E-state index in [-0.39, 0.29) is 24.0 Å². The zero-order chi connectivity index (χ0) is 22.6. The molecular weight excluding hydrogens is 416 g/mol. The molecule has 1 aliphatic heterocycles. The smallest absolute Gasteiger partial charge is 0.338 e. The van der Waals surface area contributed by atoms with Crippen molar-refractivity contribution in [3.8, 4) is 0 Å². The van der Waals surface area contributed by atoms with Crippen molar-refractivity contribution in [3.63, 3.8) is 0 Å². The van der Waals surface area contributed by atoms with Crippen LogP contribution in [-0.4, -0.2) is 44.3 Å². The molecule has 166 valence electrons. The Kier molecular flexibility index (Phi) is 7.12. The molecule has 0 spiro atoms. The van der Waals surface area contributed by atoms with Gasteiger partial charge in [-0.25, -0.2) is 13.2 Å². The average Bonchev–Trinajstić information content (AvgIpc) is 2.75. The van der Waals surface area contributed by atoms with Gasteiger partial charge < -0.3 is 10.1 Å². The molecule has 1 N–H and O–H groups in total. The van der Waals surface area contributed by atoms with Crippen LogP contribution in [0.2, 0.25) is 0 Å². The Morgan fingerprint density at radius 1 is 1.13 bits per heavy atom. The highest BCUT2D eigenvalue weighted by atomic mass is 32.2. The predicted molar refractivity (Wildman–Crippen MR) is 118 cm³/mol. The molecule has 0 bridgehead atoms. The van der Waals surface area contributed by atoms with Gasteiger partial charge in [-0.2, -0.15) is 4.31 Å². The molecule has 0 saturated carbocycles. The molecule has 31 heavy (non-hydrogen) atoms. The quantitative estimate of drug-likeness (QED) is 0.688. The number of piperidine rings is 1. The minimum Gasteiger partial charge on any atom is -0.462 e. The molecule has 7 nitrogen and oxygen atoms in total. The van der Waals surface area contributed by atoms with Crippen LogP contribution in [-0.2, 0) is 19.6 Å². The van der Waals surface area contributed by atoms with Crippen LogP contribution in [0.3, 0.4) is 0 Å². The molecular formula is C23H28N2O5S. The SMILES string of the molecule is CCOC(=O)c1cccc(NC(=O)[C@H]2CCCN(S(=O)(=O)c3ccc(C)cc3)C2)c1C. The van der Waals surface area contributed by atoms with Gasteiger partial charge in [-0.05, 0) is 63.4 Å². The van der Waals surface area contributed by atoms with E-state index in [0.717, 1.165) is 5.56 Å². The first kappa shape index (κ1) is 23.0. The molecule has 0 aliphatic carbocycles. The number of amides is 1. The maximum Gasteiger partial charge on any atom is 0.338 e. The van der Waals surface area contributed by atoms with Gasteiger partial charge in [-0.1, -0.05) is 23.8 Å². The number of carbonyl (C=O) groups excluding carboxylic acids is 2.